The van der Waals surface area contributed by atoms with E-state index in [0.29, 0.717) is 34.1 Å². The van der Waals surface area contributed by atoms with E-state index < -0.39 is 0 Å². The average molecular weight is 519 g/mol. The zero-order chi connectivity index (χ0) is 27.3. The lowest BCUT2D eigenvalue weighted by Crippen LogP contribution is -2.43. The molecule has 0 spiro atoms. The van der Waals surface area contributed by atoms with Crippen molar-refractivity contribution in [1.29, 1.82) is 0 Å². The average Bonchev–Trinajstić information content (AvgIpc) is 2.89. The molecule has 0 saturated carbocycles. The number of benzene rings is 2. The summed E-state index contributed by atoms with van der Waals surface area (Å²) in [6.07, 6.45) is 1.76. The van der Waals surface area contributed by atoms with Crippen LogP contribution in [0.15, 0.2) is 48.7 Å². The summed E-state index contributed by atoms with van der Waals surface area (Å²) in [7, 11) is 1.53. The summed E-state index contributed by atoms with van der Waals surface area (Å²) >= 11 is 0. The molecule has 1 amide bonds. The van der Waals surface area contributed by atoms with Crippen LogP contribution in [0.3, 0.4) is 0 Å². The molecule has 0 aliphatic carbocycles. The van der Waals surface area contributed by atoms with Gasteiger partial charge < -0.3 is 25.2 Å². The molecule has 3 aromatic rings. The van der Waals surface area contributed by atoms with E-state index in [0.717, 1.165) is 49.5 Å². The second-order valence-corrected chi connectivity index (χ2v) is 10.7. The van der Waals surface area contributed by atoms with Gasteiger partial charge in [-0.3, -0.25) is 14.7 Å². The Morgan fingerprint density at radius 1 is 1.13 bits per heavy atom. The number of carbonyl (C=O) groups excluding carboxylic acids is 1. The highest BCUT2D eigenvalue weighted by Gasteiger charge is 2.21. The van der Waals surface area contributed by atoms with Crippen LogP contribution in [-0.4, -0.2) is 54.2 Å². The Labute approximate surface area is 225 Å². The van der Waals surface area contributed by atoms with Crippen LogP contribution in [-0.2, 0) is 18.6 Å². The fourth-order valence-corrected chi connectivity index (χ4v) is 4.45. The number of nitrogens with zero attached hydrogens (tertiary/aromatic N) is 2. The Morgan fingerprint density at radius 2 is 1.89 bits per heavy atom. The first-order valence-electron chi connectivity index (χ1n) is 13.0. The number of hydrogen-bond donors (Lipinski definition) is 3. The smallest absolute Gasteiger partial charge is 0.255 e. The molecule has 1 saturated heterocycles. The van der Waals surface area contributed by atoms with Gasteiger partial charge in [0.25, 0.3) is 5.91 Å². The topological polar surface area (TPSA) is 96.0 Å². The summed E-state index contributed by atoms with van der Waals surface area (Å²) in [6, 6.07) is 13.0. The number of aromatic nitrogens is 1. The Hall–Kier alpha value is -3.46. The second-order valence-electron chi connectivity index (χ2n) is 10.7. The minimum Gasteiger partial charge on any atom is -0.494 e. The van der Waals surface area contributed by atoms with E-state index in [1.807, 2.05) is 37.3 Å². The van der Waals surface area contributed by atoms with Gasteiger partial charge in [-0.15, -0.1) is 0 Å². The molecule has 38 heavy (non-hydrogen) atoms. The standard InChI is InChI=1S/C30H38N4O4/c1-20-6-7-21(29(36)33-26-16-23(30(2,3)4)14-22(19-35)28(26)37-5)15-27(20)38-25-8-9-32-24(17-25)18-34-12-10-31-11-13-34/h6-9,14-17,31,35H,10-13,18-19H2,1-5H3,(H,33,36). The maximum absolute atomic E-state index is 13.3. The predicted molar refractivity (Wildman–Crippen MR) is 149 cm³/mol. The van der Waals surface area contributed by atoms with Gasteiger partial charge in [0.05, 0.1) is 25.1 Å². The van der Waals surface area contributed by atoms with Crippen LogP contribution in [0.5, 0.6) is 17.2 Å². The third-order valence-electron chi connectivity index (χ3n) is 6.72. The van der Waals surface area contributed by atoms with Crippen molar-refractivity contribution in [1.82, 2.24) is 15.2 Å². The number of aliphatic hydroxyl groups is 1. The van der Waals surface area contributed by atoms with Crippen molar-refractivity contribution in [3.63, 3.8) is 0 Å². The van der Waals surface area contributed by atoms with Gasteiger partial charge in [-0.25, -0.2) is 0 Å². The fourth-order valence-electron chi connectivity index (χ4n) is 4.45. The van der Waals surface area contributed by atoms with E-state index >= 15 is 0 Å². The fraction of sp³-hybridized carbons (Fsp3) is 0.400. The Bertz CT molecular complexity index is 1280. The number of nitrogens with one attached hydrogen (secondary N) is 2. The van der Waals surface area contributed by atoms with Gasteiger partial charge in [0.15, 0.2) is 0 Å². The number of aliphatic hydroxyl groups excluding tert-OH is 1. The molecule has 1 fully saturated rings. The van der Waals surface area contributed by atoms with Crippen LogP contribution in [0.1, 0.15) is 53.5 Å². The van der Waals surface area contributed by atoms with Crippen molar-refractivity contribution in [2.24, 2.45) is 0 Å². The number of ether oxygens (including phenoxy) is 2. The van der Waals surface area contributed by atoms with Crippen LogP contribution < -0.4 is 20.1 Å². The molecule has 0 radical (unpaired) electrons. The first kappa shape index (κ1) is 27.6. The Balaban J connectivity index is 1.55. The van der Waals surface area contributed by atoms with E-state index in [4.69, 9.17) is 9.47 Å². The summed E-state index contributed by atoms with van der Waals surface area (Å²) < 4.78 is 11.8. The number of rotatable bonds is 8. The largest absolute Gasteiger partial charge is 0.494 e. The normalized spacial score (nSPS) is 14.3. The number of carbonyl (C=O) groups is 1. The molecule has 2 heterocycles. The Morgan fingerprint density at radius 3 is 2.58 bits per heavy atom. The molecule has 8 heteroatoms. The molecule has 3 N–H and O–H groups in total. The van der Waals surface area contributed by atoms with Crippen LogP contribution in [0.25, 0.3) is 0 Å². The molecule has 1 aliphatic heterocycles. The molecule has 0 unspecified atom stereocenters. The number of piperazine rings is 1. The summed E-state index contributed by atoms with van der Waals surface area (Å²) in [6.45, 7) is 12.7. The van der Waals surface area contributed by atoms with Gasteiger partial charge in [-0.1, -0.05) is 26.8 Å². The Kier molecular flexibility index (Phi) is 8.66. The van der Waals surface area contributed by atoms with Crippen molar-refractivity contribution in [2.45, 2.75) is 46.3 Å². The SMILES string of the molecule is COc1c(CO)cc(C(C)(C)C)cc1NC(=O)c1ccc(C)c(Oc2ccnc(CN3CCNCC3)c2)c1. The molecule has 1 aliphatic rings. The van der Waals surface area contributed by atoms with Crippen LogP contribution in [0.4, 0.5) is 5.69 Å². The number of aryl methyl sites for hydroxylation is 1. The molecule has 8 nitrogen and oxygen atoms in total. The summed E-state index contributed by atoms with van der Waals surface area (Å²) in [5, 5.41) is 16.3. The van der Waals surface area contributed by atoms with Crippen LogP contribution in [0.2, 0.25) is 0 Å². The van der Waals surface area contributed by atoms with Crippen molar-refractivity contribution >= 4 is 11.6 Å². The molecular formula is C30H38N4O4. The van der Waals surface area contributed by atoms with E-state index in [-0.39, 0.29) is 17.9 Å². The maximum Gasteiger partial charge on any atom is 0.255 e. The predicted octanol–water partition coefficient (Wildman–Crippen LogP) is 4.64. The van der Waals surface area contributed by atoms with Gasteiger partial charge in [0.1, 0.15) is 17.2 Å². The molecule has 0 atom stereocenters. The lowest BCUT2D eigenvalue weighted by molar-refractivity contribution is 0.102. The van der Waals surface area contributed by atoms with Crippen molar-refractivity contribution in [3.8, 4) is 17.2 Å². The summed E-state index contributed by atoms with van der Waals surface area (Å²) in [5.74, 6) is 1.44. The monoisotopic (exact) mass is 518 g/mol. The quantitative estimate of drug-likeness (QED) is 0.400. The van der Waals surface area contributed by atoms with Gasteiger partial charge in [-0.2, -0.15) is 0 Å². The maximum atomic E-state index is 13.3. The van der Waals surface area contributed by atoms with E-state index in [1.165, 1.54) is 7.11 Å². The zero-order valence-electron chi connectivity index (χ0n) is 22.9. The lowest BCUT2D eigenvalue weighted by Gasteiger charge is -2.26. The minimum atomic E-state index is -0.294. The van der Waals surface area contributed by atoms with Crippen molar-refractivity contribution < 1.29 is 19.4 Å². The summed E-state index contributed by atoms with van der Waals surface area (Å²) in [4.78, 5) is 20.2. The molecule has 0 bridgehead atoms. The van der Waals surface area contributed by atoms with E-state index in [2.05, 4.69) is 41.3 Å². The third-order valence-corrected chi connectivity index (χ3v) is 6.72. The third kappa shape index (κ3) is 6.69. The number of amides is 1. The highest BCUT2D eigenvalue weighted by molar-refractivity contribution is 6.05. The highest BCUT2D eigenvalue weighted by Crippen LogP contribution is 2.36. The van der Waals surface area contributed by atoms with Crippen LogP contribution in [0, 0.1) is 6.92 Å². The first-order valence-corrected chi connectivity index (χ1v) is 13.0. The number of anilines is 1. The van der Waals surface area contributed by atoms with Crippen LogP contribution >= 0.6 is 0 Å². The zero-order valence-corrected chi connectivity index (χ0v) is 22.9. The van der Waals surface area contributed by atoms with Crippen molar-refractivity contribution in [3.05, 3.63) is 76.6 Å². The number of pyridine rings is 1. The lowest BCUT2D eigenvalue weighted by atomic mass is 9.85. The molecular weight excluding hydrogens is 480 g/mol. The van der Waals surface area contributed by atoms with Gasteiger partial charge in [0.2, 0.25) is 0 Å². The van der Waals surface area contributed by atoms with E-state index in [1.54, 1.807) is 18.3 Å². The minimum absolute atomic E-state index is 0.172. The summed E-state index contributed by atoms with van der Waals surface area (Å²) in [5.41, 5.74) is 4.27. The molecule has 4 rings (SSSR count). The molecule has 1 aromatic heterocycles. The van der Waals surface area contributed by atoms with Gasteiger partial charge >= 0.3 is 0 Å². The highest BCUT2D eigenvalue weighted by atomic mass is 16.5. The number of methoxy groups -OCH3 is 1. The van der Waals surface area contributed by atoms with Gasteiger partial charge in [0, 0.05) is 56.1 Å². The first-order chi connectivity index (χ1) is 18.2. The second kappa shape index (κ2) is 11.9. The van der Waals surface area contributed by atoms with E-state index in [9.17, 15) is 9.90 Å². The molecule has 2 aromatic carbocycles. The van der Waals surface area contributed by atoms with Gasteiger partial charge in [-0.05, 0) is 53.8 Å². The number of hydrogen-bond acceptors (Lipinski definition) is 7. The molecule has 202 valence electrons. The van der Waals surface area contributed by atoms with Crippen molar-refractivity contribution in [2.75, 3.05) is 38.6 Å².